The number of nitrogens with one attached hydrogen (secondary N) is 2. The summed E-state index contributed by atoms with van der Waals surface area (Å²) in [6, 6.07) is 10.2. The molecule has 0 bridgehead atoms. The van der Waals surface area contributed by atoms with Crippen LogP contribution >= 0.6 is 0 Å². The fourth-order valence-corrected chi connectivity index (χ4v) is 5.63. The average molecular weight is 538 g/mol. The van der Waals surface area contributed by atoms with Crippen LogP contribution in [0.15, 0.2) is 53.2 Å². The predicted molar refractivity (Wildman–Crippen MR) is 141 cm³/mol. The van der Waals surface area contributed by atoms with Crippen molar-refractivity contribution in [2.45, 2.75) is 57.0 Å². The molecule has 0 unspecified atom stereocenters. The highest BCUT2D eigenvalue weighted by molar-refractivity contribution is 5.94. The number of hydrogen-bond acceptors (Lipinski definition) is 6. The van der Waals surface area contributed by atoms with E-state index in [1.54, 1.807) is 6.20 Å². The molecule has 3 aromatic rings. The van der Waals surface area contributed by atoms with Crippen LogP contribution in [0.1, 0.15) is 54.7 Å². The van der Waals surface area contributed by atoms with Gasteiger partial charge >= 0.3 is 0 Å². The molecular formula is C29H33F2N5O3. The third kappa shape index (κ3) is 6.68. The summed E-state index contributed by atoms with van der Waals surface area (Å²) < 4.78 is 32.6. The molecule has 8 nitrogen and oxygen atoms in total. The second kappa shape index (κ2) is 12.5. The Morgan fingerprint density at radius 2 is 1.90 bits per heavy atom. The SMILES string of the molecule is O=C(N[C@@H]1CCN(C2CCCCC2)C[C@H]1C(=O)NCCc1ccccn1)c1cc(-c2ccc(F)cc2F)on1. The summed E-state index contributed by atoms with van der Waals surface area (Å²) in [6.45, 7) is 1.81. The van der Waals surface area contributed by atoms with Crippen LogP contribution in [0.25, 0.3) is 11.3 Å². The van der Waals surface area contributed by atoms with Crippen molar-refractivity contribution < 1.29 is 22.9 Å². The summed E-state index contributed by atoms with van der Waals surface area (Å²) in [5, 5.41) is 9.81. The standard InChI is InChI=1S/C29H33F2N5O3/c30-19-9-10-22(24(31)16-19)27-17-26(35-39-27)29(38)34-25-12-15-36(21-7-2-1-3-8-21)18-23(25)28(37)33-14-11-20-6-4-5-13-32-20/h4-6,9-10,13,16-17,21,23,25H,1-3,7-8,11-12,14-15,18H2,(H,33,37)(H,34,38)/t23-,25-/m1/s1. The molecule has 1 aromatic carbocycles. The number of nitrogens with zero attached hydrogens (tertiary/aromatic N) is 3. The molecular weight excluding hydrogens is 504 g/mol. The van der Waals surface area contributed by atoms with Crippen LogP contribution in [-0.4, -0.2) is 58.6 Å². The Hall–Kier alpha value is -3.66. The number of aromatic nitrogens is 2. The van der Waals surface area contributed by atoms with E-state index in [1.807, 2.05) is 18.2 Å². The van der Waals surface area contributed by atoms with Gasteiger partial charge in [-0.25, -0.2) is 8.78 Å². The topological polar surface area (TPSA) is 100 Å². The lowest BCUT2D eigenvalue weighted by molar-refractivity contribution is -0.128. The van der Waals surface area contributed by atoms with Crippen LogP contribution in [0.3, 0.4) is 0 Å². The van der Waals surface area contributed by atoms with Crippen molar-refractivity contribution in [3.63, 3.8) is 0 Å². The van der Waals surface area contributed by atoms with E-state index in [4.69, 9.17) is 4.52 Å². The van der Waals surface area contributed by atoms with E-state index >= 15 is 0 Å². The van der Waals surface area contributed by atoms with E-state index in [9.17, 15) is 18.4 Å². The first-order valence-electron chi connectivity index (χ1n) is 13.6. The van der Waals surface area contributed by atoms with Gasteiger partial charge in [-0.2, -0.15) is 0 Å². The van der Waals surface area contributed by atoms with E-state index in [0.29, 0.717) is 32.0 Å². The molecule has 206 valence electrons. The van der Waals surface area contributed by atoms with Crippen LogP contribution in [-0.2, 0) is 11.2 Å². The van der Waals surface area contributed by atoms with Gasteiger partial charge in [-0.1, -0.05) is 30.5 Å². The molecule has 2 N–H and O–H groups in total. The number of piperidine rings is 1. The molecule has 2 amide bonds. The quantitative estimate of drug-likeness (QED) is 0.448. The normalized spacial score (nSPS) is 20.5. The molecule has 1 saturated heterocycles. The van der Waals surface area contributed by atoms with Gasteiger partial charge in [0.25, 0.3) is 5.91 Å². The first-order chi connectivity index (χ1) is 19.0. The minimum absolute atomic E-state index is 0.00824. The zero-order valence-electron chi connectivity index (χ0n) is 21.7. The molecule has 0 radical (unpaired) electrons. The van der Waals surface area contributed by atoms with Gasteiger partial charge in [0, 0.05) is 62.2 Å². The molecule has 1 aliphatic carbocycles. The lowest BCUT2D eigenvalue weighted by Gasteiger charge is -2.43. The van der Waals surface area contributed by atoms with Crippen LogP contribution in [0.5, 0.6) is 0 Å². The second-order valence-electron chi connectivity index (χ2n) is 10.3. The molecule has 5 rings (SSSR count). The molecule has 1 aliphatic heterocycles. The monoisotopic (exact) mass is 537 g/mol. The third-order valence-electron chi connectivity index (χ3n) is 7.73. The maximum absolute atomic E-state index is 14.2. The van der Waals surface area contributed by atoms with Crippen LogP contribution in [0, 0.1) is 17.6 Å². The second-order valence-corrected chi connectivity index (χ2v) is 10.3. The fourth-order valence-electron chi connectivity index (χ4n) is 5.63. The molecule has 3 heterocycles. The van der Waals surface area contributed by atoms with Gasteiger partial charge in [-0.05, 0) is 43.5 Å². The molecule has 2 aromatic heterocycles. The summed E-state index contributed by atoms with van der Waals surface area (Å²) in [7, 11) is 0. The maximum atomic E-state index is 14.2. The van der Waals surface area contributed by atoms with Gasteiger partial charge in [-0.3, -0.25) is 19.5 Å². The van der Waals surface area contributed by atoms with Gasteiger partial charge in [0.15, 0.2) is 11.5 Å². The Morgan fingerprint density at radius 3 is 2.67 bits per heavy atom. The lowest BCUT2D eigenvalue weighted by Crippen LogP contribution is -2.58. The van der Waals surface area contributed by atoms with Crippen molar-refractivity contribution in [3.8, 4) is 11.3 Å². The Balaban J connectivity index is 1.26. The van der Waals surface area contributed by atoms with E-state index in [1.165, 1.54) is 31.4 Å². The van der Waals surface area contributed by atoms with Gasteiger partial charge in [-0.15, -0.1) is 0 Å². The smallest absolute Gasteiger partial charge is 0.273 e. The number of rotatable bonds is 8. The average Bonchev–Trinajstić information content (AvgIpc) is 3.44. The van der Waals surface area contributed by atoms with Crippen molar-refractivity contribution in [2.24, 2.45) is 5.92 Å². The molecule has 0 spiro atoms. The Morgan fingerprint density at radius 1 is 1.05 bits per heavy atom. The summed E-state index contributed by atoms with van der Waals surface area (Å²) in [5.41, 5.74) is 0.876. The molecule has 2 fully saturated rings. The highest BCUT2D eigenvalue weighted by Crippen LogP contribution is 2.28. The Kier molecular flexibility index (Phi) is 8.61. The summed E-state index contributed by atoms with van der Waals surface area (Å²) >= 11 is 0. The maximum Gasteiger partial charge on any atom is 0.273 e. The zero-order valence-corrected chi connectivity index (χ0v) is 21.7. The molecule has 2 aliphatic rings. The summed E-state index contributed by atoms with van der Waals surface area (Å²) in [4.78, 5) is 33.2. The number of amides is 2. The van der Waals surface area contributed by atoms with Crippen LogP contribution in [0.2, 0.25) is 0 Å². The number of halogens is 2. The molecule has 39 heavy (non-hydrogen) atoms. The number of benzene rings is 1. The van der Waals surface area contributed by atoms with Crippen molar-refractivity contribution in [1.82, 2.24) is 25.7 Å². The van der Waals surface area contributed by atoms with Crippen molar-refractivity contribution >= 4 is 11.8 Å². The molecule has 2 atom stereocenters. The highest BCUT2D eigenvalue weighted by atomic mass is 19.1. The number of carbonyl (C=O) groups is 2. The van der Waals surface area contributed by atoms with Crippen molar-refractivity contribution in [1.29, 1.82) is 0 Å². The zero-order chi connectivity index (χ0) is 27.2. The van der Waals surface area contributed by atoms with Gasteiger partial charge in [0.05, 0.1) is 11.5 Å². The third-order valence-corrected chi connectivity index (χ3v) is 7.73. The van der Waals surface area contributed by atoms with Crippen molar-refractivity contribution in [2.75, 3.05) is 19.6 Å². The van der Waals surface area contributed by atoms with Crippen LogP contribution in [0.4, 0.5) is 8.78 Å². The minimum atomic E-state index is -0.810. The van der Waals surface area contributed by atoms with Gasteiger partial charge < -0.3 is 15.2 Å². The summed E-state index contributed by atoms with van der Waals surface area (Å²) in [6.07, 6.45) is 8.88. The number of likely N-dealkylation sites (tertiary alicyclic amines) is 1. The summed E-state index contributed by atoms with van der Waals surface area (Å²) in [5.74, 6) is -2.54. The van der Waals surface area contributed by atoms with E-state index in [0.717, 1.165) is 37.2 Å². The van der Waals surface area contributed by atoms with Gasteiger partial charge in [0.1, 0.15) is 11.6 Å². The first-order valence-corrected chi connectivity index (χ1v) is 13.6. The number of pyridine rings is 1. The van der Waals surface area contributed by atoms with Gasteiger partial charge in [0.2, 0.25) is 5.91 Å². The lowest BCUT2D eigenvalue weighted by atomic mass is 9.87. The van der Waals surface area contributed by atoms with Crippen molar-refractivity contribution in [3.05, 3.63) is 71.7 Å². The first kappa shape index (κ1) is 26.9. The highest BCUT2D eigenvalue weighted by Gasteiger charge is 2.38. The molecule has 10 heteroatoms. The molecule has 1 saturated carbocycles. The number of carbonyl (C=O) groups excluding carboxylic acids is 2. The Labute approximate surface area is 226 Å². The van der Waals surface area contributed by atoms with E-state index in [-0.39, 0.29) is 22.9 Å². The largest absolute Gasteiger partial charge is 0.355 e. The fraction of sp³-hybridized carbons (Fsp3) is 0.448. The predicted octanol–water partition coefficient (Wildman–Crippen LogP) is 4.13. The van der Waals surface area contributed by atoms with E-state index < -0.39 is 29.5 Å². The van der Waals surface area contributed by atoms with E-state index in [2.05, 4.69) is 25.7 Å². The number of hydrogen-bond donors (Lipinski definition) is 2. The minimum Gasteiger partial charge on any atom is -0.355 e. The Bertz CT molecular complexity index is 1280. The van der Waals surface area contributed by atoms with Crippen LogP contribution < -0.4 is 10.6 Å².